The zero-order valence-electron chi connectivity index (χ0n) is 16.4. The summed E-state index contributed by atoms with van der Waals surface area (Å²) in [6, 6.07) is 16.2. The first-order valence-corrected chi connectivity index (χ1v) is 10.4. The van der Waals surface area contributed by atoms with Gasteiger partial charge < -0.3 is 5.32 Å². The van der Waals surface area contributed by atoms with Crippen molar-refractivity contribution in [3.63, 3.8) is 0 Å². The molecule has 0 aliphatic carbocycles. The summed E-state index contributed by atoms with van der Waals surface area (Å²) in [5, 5.41) is 15.8. The standard InChI is InChI=1S/C21H25N5OS/c1-4-9-18(17-12-6-5-7-13-17)22-19(27)14-28-21-23-24-25-26(21)20-15(2)10-8-11-16(20)3/h5-8,10-13,18H,4,9,14H2,1-3H3,(H,22,27)/t18-/m1/s1. The number of nitrogens with one attached hydrogen (secondary N) is 1. The maximum absolute atomic E-state index is 12.6. The number of hydrogen-bond acceptors (Lipinski definition) is 5. The number of tetrazole rings is 1. The molecular formula is C21H25N5OS. The van der Waals surface area contributed by atoms with Crippen LogP contribution in [0.25, 0.3) is 5.69 Å². The quantitative estimate of drug-likeness (QED) is 0.583. The van der Waals surface area contributed by atoms with E-state index in [-0.39, 0.29) is 17.7 Å². The van der Waals surface area contributed by atoms with E-state index in [0.717, 1.165) is 35.2 Å². The van der Waals surface area contributed by atoms with E-state index < -0.39 is 0 Å². The minimum absolute atomic E-state index is 0.0221. The number of aryl methyl sites for hydroxylation is 2. The fourth-order valence-electron chi connectivity index (χ4n) is 3.21. The molecule has 3 rings (SSSR count). The normalized spacial score (nSPS) is 12.0. The van der Waals surface area contributed by atoms with Gasteiger partial charge in [-0.3, -0.25) is 4.79 Å². The van der Waals surface area contributed by atoms with Gasteiger partial charge in [0.05, 0.1) is 17.5 Å². The average molecular weight is 396 g/mol. The first-order valence-electron chi connectivity index (χ1n) is 9.42. The number of rotatable bonds is 8. The number of nitrogens with zero attached hydrogens (tertiary/aromatic N) is 4. The lowest BCUT2D eigenvalue weighted by molar-refractivity contribution is -0.119. The third-order valence-electron chi connectivity index (χ3n) is 4.54. The Morgan fingerprint density at radius 1 is 1.11 bits per heavy atom. The third-order valence-corrected chi connectivity index (χ3v) is 5.46. The Labute approximate surface area is 169 Å². The van der Waals surface area contributed by atoms with Crippen molar-refractivity contribution in [1.29, 1.82) is 0 Å². The third kappa shape index (κ3) is 4.78. The maximum Gasteiger partial charge on any atom is 0.230 e. The molecule has 6 nitrogen and oxygen atoms in total. The van der Waals surface area contributed by atoms with Crippen molar-refractivity contribution in [3.05, 3.63) is 65.2 Å². The van der Waals surface area contributed by atoms with Crippen LogP contribution in [0.5, 0.6) is 0 Å². The first kappa shape index (κ1) is 20.1. The molecule has 1 amide bonds. The summed E-state index contributed by atoms with van der Waals surface area (Å²) in [7, 11) is 0. The average Bonchev–Trinajstić information content (AvgIpc) is 3.15. The smallest absolute Gasteiger partial charge is 0.230 e. The summed E-state index contributed by atoms with van der Waals surface area (Å²) in [5.41, 5.74) is 4.27. The molecule has 146 valence electrons. The molecule has 28 heavy (non-hydrogen) atoms. The van der Waals surface area contributed by atoms with Crippen LogP contribution in [0.2, 0.25) is 0 Å². The van der Waals surface area contributed by atoms with Gasteiger partial charge in [-0.05, 0) is 47.4 Å². The fraction of sp³-hybridized carbons (Fsp3) is 0.333. The van der Waals surface area contributed by atoms with Crippen LogP contribution in [0.3, 0.4) is 0 Å². The van der Waals surface area contributed by atoms with E-state index in [0.29, 0.717) is 5.16 Å². The van der Waals surface area contributed by atoms with Crippen molar-refractivity contribution in [3.8, 4) is 5.69 Å². The monoisotopic (exact) mass is 395 g/mol. The second-order valence-corrected chi connectivity index (χ2v) is 7.66. The Bertz CT molecular complexity index is 905. The summed E-state index contributed by atoms with van der Waals surface area (Å²) < 4.78 is 1.71. The molecule has 0 bridgehead atoms. The molecule has 0 fully saturated rings. The molecule has 0 radical (unpaired) electrons. The fourth-order valence-corrected chi connectivity index (χ4v) is 3.90. The van der Waals surface area contributed by atoms with Gasteiger partial charge in [-0.1, -0.05) is 73.6 Å². The molecule has 1 aromatic heterocycles. The van der Waals surface area contributed by atoms with Crippen LogP contribution in [0.1, 0.15) is 42.5 Å². The Morgan fingerprint density at radius 3 is 2.50 bits per heavy atom. The van der Waals surface area contributed by atoms with E-state index in [1.54, 1.807) is 4.68 Å². The van der Waals surface area contributed by atoms with Crippen molar-refractivity contribution in [1.82, 2.24) is 25.5 Å². The minimum atomic E-state index is -0.0247. The first-order chi connectivity index (χ1) is 13.6. The summed E-state index contributed by atoms with van der Waals surface area (Å²) in [6.07, 6.45) is 1.90. The second-order valence-electron chi connectivity index (χ2n) is 6.72. The predicted octanol–water partition coefficient (Wildman–Crippen LogP) is 4.03. The van der Waals surface area contributed by atoms with Gasteiger partial charge in [0.2, 0.25) is 11.1 Å². The van der Waals surface area contributed by atoms with Gasteiger partial charge in [0.25, 0.3) is 0 Å². The summed E-state index contributed by atoms with van der Waals surface area (Å²) in [4.78, 5) is 12.6. The van der Waals surface area contributed by atoms with Gasteiger partial charge in [0.15, 0.2) is 0 Å². The van der Waals surface area contributed by atoms with Crippen LogP contribution in [0, 0.1) is 13.8 Å². The highest BCUT2D eigenvalue weighted by Crippen LogP contribution is 2.24. The minimum Gasteiger partial charge on any atom is -0.349 e. The van der Waals surface area contributed by atoms with E-state index in [2.05, 4.69) is 39.9 Å². The molecule has 0 spiro atoms. The van der Waals surface area contributed by atoms with Crippen LogP contribution in [0.4, 0.5) is 0 Å². The van der Waals surface area contributed by atoms with Crippen LogP contribution in [-0.2, 0) is 4.79 Å². The lowest BCUT2D eigenvalue weighted by atomic mass is 10.0. The second kappa shape index (κ2) is 9.50. The van der Waals surface area contributed by atoms with Crippen LogP contribution in [0.15, 0.2) is 53.7 Å². The topological polar surface area (TPSA) is 72.7 Å². The van der Waals surface area contributed by atoms with Crippen LogP contribution < -0.4 is 5.32 Å². The van der Waals surface area contributed by atoms with Crippen molar-refractivity contribution >= 4 is 17.7 Å². The highest BCUT2D eigenvalue weighted by Gasteiger charge is 2.17. The lowest BCUT2D eigenvalue weighted by Crippen LogP contribution is -2.30. The zero-order chi connectivity index (χ0) is 19.9. The molecular weight excluding hydrogens is 370 g/mol. The van der Waals surface area contributed by atoms with Crippen molar-refractivity contribution in [2.24, 2.45) is 0 Å². The summed E-state index contributed by atoms with van der Waals surface area (Å²) in [6.45, 7) is 6.18. The number of carbonyl (C=O) groups excluding carboxylic acids is 1. The maximum atomic E-state index is 12.6. The number of hydrogen-bond donors (Lipinski definition) is 1. The summed E-state index contributed by atoms with van der Waals surface area (Å²) in [5.74, 6) is 0.238. The molecule has 0 unspecified atom stereocenters. The highest BCUT2D eigenvalue weighted by molar-refractivity contribution is 7.99. The number of para-hydroxylation sites is 1. The number of amides is 1. The Balaban J connectivity index is 1.68. The summed E-state index contributed by atoms with van der Waals surface area (Å²) >= 11 is 1.34. The molecule has 7 heteroatoms. The SMILES string of the molecule is CCC[C@@H](NC(=O)CSc1nnnn1-c1c(C)cccc1C)c1ccccc1. The van der Waals surface area contributed by atoms with Gasteiger partial charge in [-0.15, -0.1) is 5.10 Å². The van der Waals surface area contributed by atoms with Crippen molar-refractivity contribution in [2.75, 3.05) is 5.75 Å². The van der Waals surface area contributed by atoms with Crippen LogP contribution >= 0.6 is 11.8 Å². The van der Waals surface area contributed by atoms with Crippen LogP contribution in [-0.4, -0.2) is 31.9 Å². The number of aromatic nitrogens is 4. The number of benzene rings is 2. The molecule has 0 aliphatic rings. The largest absolute Gasteiger partial charge is 0.349 e. The van der Waals surface area contributed by atoms with E-state index in [1.165, 1.54) is 11.8 Å². The molecule has 2 aromatic carbocycles. The molecule has 0 aliphatic heterocycles. The van der Waals surface area contributed by atoms with Gasteiger partial charge in [-0.2, -0.15) is 4.68 Å². The van der Waals surface area contributed by atoms with Gasteiger partial charge >= 0.3 is 0 Å². The molecule has 1 atom stereocenters. The Kier molecular flexibility index (Phi) is 6.81. The van der Waals surface area contributed by atoms with E-state index in [9.17, 15) is 4.79 Å². The molecule has 1 N–H and O–H groups in total. The molecule has 0 saturated carbocycles. The number of carbonyl (C=O) groups is 1. The van der Waals surface area contributed by atoms with E-state index in [1.807, 2.05) is 50.2 Å². The Morgan fingerprint density at radius 2 is 1.82 bits per heavy atom. The van der Waals surface area contributed by atoms with Crippen molar-refractivity contribution in [2.45, 2.75) is 44.8 Å². The molecule has 3 aromatic rings. The highest BCUT2D eigenvalue weighted by atomic mass is 32.2. The van der Waals surface area contributed by atoms with Gasteiger partial charge in [-0.25, -0.2) is 0 Å². The Hall–Kier alpha value is -2.67. The van der Waals surface area contributed by atoms with Gasteiger partial charge in [0, 0.05) is 0 Å². The van der Waals surface area contributed by atoms with E-state index in [4.69, 9.17) is 0 Å². The number of thioether (sulfide) groups is 1. The van der Waals surface area contributed by atoms with E-state index >= 15 is 0 Å². The predicted molar refractivity (Wildman–Crippen MR) is 112 cm³/mol. The molecule has 0 saturated heterocycles. The lowest BCUT2D eigenvalue weighted by Gasteiger charge is -2.18. The zero-order valence-corrected chi connectivity index (χ0v) is 17.2. The van der Waals surface area contributed by atoms with Crippen molar-refractivity contribution < 1.29 is 4.79 Å². The molecule has 1 heterocycles. The van der Waals surface area contributed by atoms with Gasteiger partial charge in [0.1, 0.15) is 0 Å².